The lowest BCUT2D eigenvalue weighted by Crippen LogP contribution is -2.51. The molecule has 22 heavy (non-hydrogen) atoms. The Kier molecular flexibility index (Phi) is 3.55. The summed E-state index contributed by atoms with van der Waals surface area (Å²) < 4.78 is 5.46. The number of carbonyl (C=O) groups excluding carboxylic acids is 1. The summed E-state index contributed by atoms with van der Waals surface area (Å²) >= 11 is 0. The molecule has 4 nitrogen and oxygen atoms in total. The van der Waals surface area contributed by atoms with Crippen LogP contribution in [0.15, 0.2) is 24.5 Å². The van der Waals surface area contributed by atoms with Gasteiger partial charge in [-0.2, -0.15) is 0 Å². The number of hydrogen-bond donors (Lipinski definition) is 1. The van der Waals surface area contributed by atoms with Crippen LogP contribution in [0.3, 0.4) is 0 Å². The third-order valence-electron chi connectivity index (χ3n) is 5.83. The normalized spacial score (nSPS) is 35.4. The highest BCUT2D eigenvalue weighted by Crippen LogP contribution is 2.59. The number of aromatic nitrogens is 1. The Morgan fingerprint density at radius 2 is 1.91 bits per heavy atom. The number of pyridine rings is 1. The van der Waals surface area contributed by atoms with Crippen molar-refractivity contribution in [3.05, 3.63) is 24.5 Å². The van der Waals surface area contributed by atoms with Crippen LogP contribution in [-0.2, 0) is 4.79 Å². The first-order valence-corrected chi connectivity index (χ1v) is 8.50. The largest absolute Gasteiger partial charge is 0.482 e. The van der Waals surface area contributed by atoms with Crippen LogP contribution in [0.5, 0.6) is 5.75 Å². The summed E-state index contributed by atoms with van der Waals surface area (Å²) in [4.78, 5) is 16.0. The van der Waals surface area contributed by atoms with Gasteiger partial charge in [0, 0.05) is 12.7 Å². The van der Waals surface area contributed by atoms with E-state index in [1.165, 1.54) is 38.5 Å². The second-order valence-corrected chi connectivity index (χ2v) is 7.67. The fraction of sp³-hybridized carbons (Fsp3) is 0.667. The van der Waals surface area contributed by atoms with Crippen molar-refractivity contribution in [2.45, 2.75) is 38.5 Å². The zero-order chi connectivity index (χ0) is 15.0. The molecule has 4 aliphatic carbocycles. The van der Waals surface area contributed by atoms with E-state index in [1.54, 1.807) is 12.4 Å². The minimum Gasteiger partial charge on any atom is -0.482 e. The number of ether oxygens (including phenoxy) is 1. The molecule has 5 rings (SSSR count). The Labute approximate surface area is 131 Å². The van der Waals surface area contributed by atoms with Gasteiger partial charge >= 0.3 is 0 Å². The first kappa shape index (κ1) is 14.0. The first-order chi connectivity index (χ1) is 10.7. The van der Waals surface area contributed by atoms with E-state index in [-0.39, 0.29) is 12.5 Å². The molecule has 0 aliphatic heterocycles. The number of nitrogens with one attached hydrogen (secondary N) is 1. The number of carbonyl (C=O) groups is 1. The average Bonchev–Trinajstić information content (AvgIpc) is 2.51. The Balaban J connectivity index is 1.28. The molecule has 0 unspecified atom stereocenters. The van der Waals surface area contributed by atoms with E-state index < -0.39 is 0 Å². The maximum absolute atomic E-state index is 12.1. The van der Waals surface area contributed by atoms with E-state index in [4.69, 9.17) is 4.74 Å². The molecule has 4 aliphatic rings. The van der Waals surface area contributed by atoms with Crippen LogP contribution in [0.1, 0.15) is 38.5 Å². The van der Waals surface area contributed by atoms with Gasteiger partial charge in [0.15, 0.2) is 6.61 Å². The van der Waals surface area contributed by atoms with Crippen molar-refractivity contribution in [3.63, 3.8) is 0 Å². The number of amides is 1. The smallest absolute Gasteiger partial charge is 0.257 e. The van der Waals surface area contributed by atoms with Gasteiger partial charge < -0.3 is 10.1 Å². The van der Waals surface area contributed by atoms with E-state index in [9.17, 15) is 4.79 Å². The van der Waals surface area contributed by atoms with Gasteiger partial charge in [0.2, 0.25) is 0 Å². The molecule has 0 saturated heterocycles. The molecule has 4 heteroatoms. The molecule has 1 aromatic rings. The summed E-state index contributed by atoms with van der Waals surface area (Å²) in [5, 5.41) is 3.13. The third kappa shape index (κ3) is 2.83. The number of rotatable bonds is 5. The molecule has 4 saturated carbocycles. The predicted octanol–water partition coefficient (Wildman–Crippen LogP) is 2.79. The van der Waals surface area contributed by atoms with Crippen LogP contribution in [0.4, 0.5) is 0 Å². The summed E-state index contributed by atoms with van der Waals surface area (Å²) in [5.74, 6) is 3.41. The van der Waals surface area contributed by atoms with Gasteiger partial charge in [-0.1, -0.05) is 0 Å². The van der Waals surface area contributed by atoms with Gasteiger partial charge in [-0.3, -0.25) is 9.78 Å². The van der Waals surface area contributed by atoms with Crippen LogP contribution in [0.2, 0.25) is 0 Å². The highest BCUT2D eigenvalue weighted by atomic mass is 16.5. The molecule has 0 aromatic carbocycles. The van der Waals surface area contributed by atoms with Crippen LogP contribution in [0.25, 0.3) is 0 Å². The number of nitrogens with zero attached hydrogens (tertiary/aromatic N) is 1. The van der Waals surface area contributed by atoms with Gasteiger partial charge in [0.05, 0.1) is 6.20 Å². The van der Waals surface area contributed by atoms with E-state index in [1.807, 2.05) is 12.1 Å². The highest BCUT2D eigenvalue weighted by Gasteiger charge is 2.50. The number of hydrogen-bond acceptors (Lipinski definition) is 3. The van der Waals surface area contributed by atoms with Crippen molar-refractivity contribution in [1.82, 2.24) is 10.3 Å². The zero-order valence-corrected chi connectivity index (χ0v) is 13.0. The zero-order valence-electron chi connectivity index (χ0n) is 13.0. The maximum atomic E-state index is 12.1. The SMILES string of the molecule is O=C(COc1cccnc1)NCC12CC3CC(CC(C3)C1)C2. The lowest BCUT2D eigenvalue weighted by atomic mass is 9.49. The van der Waals surface area contributed by atoms with Gasteiger partial charge in [0.25, 0.3) is 5.91 Å². The molecule has 4 fully saturated rings. The summed E-state index contributed by atoms with van der Waals surface area (Å²) in [5.41, 5.74) is 0.388. The molecule has 0 spiro atoms. The molecule has 1 heterocycles. The summed E-state index contributed by atoms with van der Waals surface area (Å²) in [6, 6.07) is 3.63. The molecule has 1 amide bonds. The van der Waals surface area contributed by atoms with E-state index >= 15 is 0 Å². The van der Waals surface area contributed by atoms with Crippen molar-refractivity contribution < 1.29 is 9.53 Å². The highest BCUT2D eigenvalue weighted by molar-refractivity contribution is 5.77. The summed E-state index contributed by atoms with van der Waals surface area (Å²) in [7, 11) is 0. The van der Waals surface area contributed by atoms with Crippen molar-refractivity contribution in [1.29, 1.82) is 0 Å². The van der Waals surface area contributed by atoms with Crippen molar-refractivity contribution in [2.24, 2.45) is 23.2 Å². The molecular weight excluding hydrogens is 276 g/mol. The minimum absolute atomic E-state index is 0.0143. The third-order valence-corrected chi connectivity index (χ3v) is 5.83. The van der Waals surface area contributed by atoms with E-state index in [0.29, 0.717) is 11.2 Å². The van der Waals surface area contributed by atoms with Crippen LogP contribution in [0, 0.1) is 23.2 Å². The van der Waals surface area contributed by atoms with Crippen LogP contribution < -0.4 is 10.1 Å². The van der Waals surface area contributed by atoms with Crippen LogP contribution >= 0.6 is 0 Å². The molecule has 1 aromatic heterocycles. The van der Waals surface area contributed by atoms with Gasteiger partial charge in [0.1, 0.15) is 5.75 Å². The Morgan fingerprint density at radius 3 is 2.50 bits per heavy atom. The van der Waals surface area contributed by atoms with Crippen molar-refractivity contribution in [2.75, 3.05) is 13.2 Å². The topological polar surface area (TPSA) is 51.2 Å². The molecule has 1 N–H and O–H groups in total. The maximum Gasteiger partial charge on any atom is 0.257 e. The van der Waals surface area contributed by atoms with Crippen LogP contribution in [-0.4, -0.2) is 24.0 Å². The van der Waals surface area contributed by atoms with Gasteiger partial charge in [-0.15, -0.1) is 0 Å². The minimum atomic E-state index is -0.0143. The molecule has 0 atom stereocenters. The molecule has 118 valence electrons. The fourth-order valence-corrected chi connectivity index (χ4v) is 5.42. The molecule has 0 radical (unpaired) electrons. The Hall–Kier alpha value is -1.58. The second kappa shape index (κ2) is 5.56. The quantitative estimate of drug-likeness (QED) is 0.909. The average molecular weight is 300 g/mol. The van der Waals surface area contributed by atoms with E-state index in [2.05, 4.69) is 10.3 Å². The second-order valence-electron chi connectivity index (χ2n) is 7.67. The molecule has 4 bridgehead atoms. The van der Waals surface area contributed by atoms with Gasteiger partial charge in [-0.05, 0) is 73.8 Å². The summed E-state index contributed by atoms with van der Waals surface area (Å²) in [6.07, 6.45) is 11.6. The Bertz CT molecular complexity index is 508. The van der Waals surface area contributed by atoms with Gasteiger partial charge in [-0.25, -0.2) is 0 Å². The van der Waals surface area contributed by atoms with Crippen molar-refractivity contribution >= 4 is 5.91 Å². The monoisotopic (exact) mass is 300 g/mol. The van der Waals surface area contributed by atoms with E-state index in [0.717, 1.165) is 24.3 Å². The lowest BCUT2D eigenvalue weighted by Gasteiger charge is -2.56. The predicted molar refractivity (Wildman–Crippen MR) is 83.3 cm³/mol. The van der Waals surface area contributed by atoms with Crippen molar-refractivity contribution in [3.8, 4) is 5.75 Å². The fourth-order valence-electron chi connectivity index (χ4n) is 5.42. The molecular formula is C18H24N2O2. The lowest BCUT2D eigenvalue weighted by molar-refractivity contribution is -0.125. The standard InChI is InChI=1S/C18H24N2O2/c21-17(11-22-16-2-1-3-19-10-16)20-12-18-7-13-4-14(8-18)6-15(5-13)9-18/h1-3,10,13-15H,4-9,11-12H2,(H,20,21). The summed E-state index contributed by atoms with van der Waals surface area (Å²) in [6.45, 7) is 0.920. The first-order valence-electron chi connectivity index (χ1n) is 8.50. The Morgan fingerprint density at radius 1 is 1.23 bits per heavy atom.